The molecule has 1 unspecified atom stereocenters. The molecule has 0 bridgehead atoms. The number of nitrogens with zero attached hydrogens (tertiary/aromatic N) is 1. The fourth-order valence-electron chi connectivity index (χ4n) is 2.38. The summed E-state index contributed by atoms with van der Waals surface area (Å²) < 4.78 is 0. The van der Waals surface area contributed by atoms with E-state index in [4.69, 9.17) is 0 Å². The summed E-state index contributed by atoms with van der Waals surface area (Å²) in [5, 5.41) is 2.86. The molecule has 3 rings (SSSR count). The number of amides is 3. The van der Waals surface area contributed by atoms with Crippen LogP contribution in [-0.2, 0) is 4.79 Å². The van der Waals surface area contributed by atoms with Crippen molar-refractivity contribution in [1.82, 2.24) is 10.2 Å². The highest BCUT2D eigenvalue weighted by molar-refractivity contribution is 6.07. The lowest BCUT2D eigenvalue weighted by Gasteiger charge is -2.20. The van der Waals surface area contributed by atoms with E-state index in [0.29, 0.717) is 18.4 Å². The number of hydrogen-bond acceptors (Lipinski definition) is 2. The minimum absolute atomic E-state index is 0.00176. The van der Waals surface area contributed by atoms with Crippen molar-refractivity contribution in [2.24, 2.45) is 11.8 Å². The highest BCUT2D eigenvalue weighted by Crippen LogP contribution is 2.43. The Morgan fingerprint density at radius 3 is 2.53 bits per heavy atom. The van der Waals surface area contributed by atoms with Crippen molar-refractivity contribution < 1.29 is 9.59 Å². The molecule has 3 aliphatic rings. The van der Waals surface area contributed by atoms with Crippen LogP contribution in [0.2, 0.25) is 0 Å². The van der Waals surface area contributed by atoms with Crippen LogP contribution in [-0.4, -0.2) is 28.9 Å². The summed E-state index contributed by atoms with van der Waals surface area (Å²) in [5.74, 6) is 0.946. The van der Waals surface area contributed by atoms with Gasteiger partial charge in [-0.3, -0.25) is 9.69 Å². The zero-order chi connectivity index (χ0) is 10.6. The third-order valence-corrected chi connectivity index (χ3v) is 3.83. The quantitative estimate of drug-likeness (QED) is 0.706. The van der Waals surface area contributed by atoms with Crippen LogP contribution >= 0.6 is 0 Å². The fourth-order valence-corrected chi connectivity index (χ4v) is 2.38. The van der Waals surface area contributed by atoms with Crippen LogP contribution in [0, 0.1) is 11.8 Å². The Labute approximate surface area is 89.0 Å². The van der Waals surface area contributed by atoms with E-state index in [1.165, 1.54) is 4.90 Å². The van der Waals surface area contributed by atoms with Gasteiger partial charge in [0.15, 0.2) is 0 Å². The van der Waals surface area contributed by atoms with Crippen LogP contribution in [0.3, 0.4) is 0 Å². The van der Waals surface area contributed by atoms with Crippen LogP contribution < -0.4 is 5.32 Å². The molecule has 3 amide bonds. The number of rotatable bonds is 3. The average Bonchev–Trinajstić information content (AvgIpc) is 3.01. The predicted molar refractivity (Wildman–Crippen MR) is 54.1 cm³/mol. The summed E-state index contributed by atoms with van der Waals surface area (Å²) in [6.45, 7) is 2.50. The number of carbonyl (C=O) groups is 2. The maximum Gasteiger partial charge on any atom is 0.325 e. The van der Waals surface area contributed by atoms with Gasteiger partial charge in [-0.25, -0.2) is 4.79 Å². The van der Waals surface area contributed by atoms with Gasteiger partial charge < -0.3 is 5.32 Å². The maximum absolute atomic E-state index is 12.1. The molecule has 1 aliphatic heterocycles. The summed E-state index contributed by atoms with van der Waals surface area (Å²) in [6.07, 6.45) is 4.47. The summed E-state index contributed by atoms with van der Waals surface area (Å²) >= 11 is 0. The highest BCUT2D eigenvalue weighted by Gasteiger charge is 2.56. The molecule has 0 aromatic carbocycles. The van der Waals surface area contributed by atoms with Crippen molar-refractivity contribution in [3.8, 4) is 0 Å². The molecule has 4 heteroatoms. The van der Waals surface area contributed by atoms with Gasteiger partial charge in [0.2, 0.25) is 0 Å². The molecule has 0 aromatic heterocycles. The second-order valence-electron chi connectivity index (χ2n) is 5.27. The molecule has 1 N–H and O–H groups in total. The molecule has 1 saturated heterocycles. The summed E-state index contributed by atoms with van der Waals surface area (Å²) in [5.41, 5.74) is -0.591. The van der Waals surface area contributed by atoms with Crippen LogP contribution in [0.25, 0.3) is 0 Å². The average molecular weight is 208 g/mol. The predicted octanol–water partition coefficient (Wildman–Crippen LogP) is 1.12. The minimum atomic E-state index is -0.591. The summed E-state index contributed by atoms with van der Waals surface area (Å²) in [4.78, 5) is 25.2. The SMILES string of the molecule is CC1(C2CC2)NC(=O)N(CC2CC2)C1=O. The van der Waals surface area contributed by atoms with E-state index < -0.39 is 5.54 Å². The number of urea groups is 1. The van der Waals surface area contributed by atoms with Crippen molar-refractivity contribution in [3.63, 3.8) is 0 Å². The molecule has 3 fully saturated rings. The Bertz CT molecular complexity index is 333. The number of carbonyl (C=O) groups excluding carboxylic acids is 2. The second kappa shape index (κ2) is 2.74. The first-order valence-electron chi connectivity index (χ1n) is 5.75. The fraction of sp³-hybridized carbons (Fsp3) is 0.818. The van der Waals surface area contributed by atoms with Crippen LogP contribution in [0.4, 0.5) is 4.79 Å². The van der Waals surface area contributed by atoms with Gasteiger partial charge in [0, 0.05) is 6.54 Å². The lowest BCUT2D eigenvalue weighted by Crippen LogP contribution is -2.46. The third kappa shape index (κ3) is 1.34. The molecular weight excluding hydrogens is 192 g/mol. The van der Waals surface area contributed by atoms with Crippen molar-refractivity contribution in [2.75, 3.05) is 6.54 Å². The maximum atomic E-state index is 12.1. The summed E-state index contributed by atoms with van der Waals surface area (Å²) in [6, 6.07) is -0.179. The van der Waals surface area contributed by atoms with Gasteiger partial charge in [0.05, 0.1) is 0 Å². The van der Waals surface area contributed by atoms with E-state index in [0.717, 1.165) is 25.7 Å². The van der Waals surface area contributed by atoms with Crippen LogP contribution in [0.15, 0.2) is 0 Å². The number of imide groups is 1. The summed E-state index contributed by atoms with van der Waals surface area (Å²) in [7, 11) is 0. The normalized spacial score (nSPS) is 35.9. The largest absolute Gasteiger partial charge is 0.325 e. The first kappa shape index (κ1) is 9.19. The monoisotopic (exact) mass is 208 g/mol. The molecule has 2 saturated carbocycles. The molecule has 4 nitrogen and oxygen atoms in total. The van der Waals surface area contributed by atoms with Crippen LogP contribution in [0.1, 0.15) is 32.6 Å². The molecule has 1 heterocycles. The van der Waals surface area contributed by atoms with Gasteiger partial charge in [-0.05, 0) is 44.4 Å². The first-order valence-corrected chi connectivity index (χ1v) is 5.75. The number of hydrogen-bond donors (Lipinski definition) is 1. The third-order valence-electron chi connectivity index (χ3n) is 3.83. The Hall–Kier alpha value is -1.06. The molecule has 2 aliphatic carbocycles. The van der Waals surface area contributed by atoms with Gasteiger partial charge in [0.1, 0.15) is 5.54 Å². The zero-order valence-electron chi connectivity index (χ0n) is 8.95. The van der Waals surface area contributed by atoms with E-state index in [1.807, 2.05) is 6.92 Å². The van der Waals surface area contributed by atoms with E-state index in [-0.39, 0.29) is 11.9 Å². The van der Waals surface area contributed by atoms with Crippen molar-refractivity contribution in [3.05, 3.63) is 0 Å². The molecule has 82 valence electrons. The van der Waals surface area contributed by atoms with E-state index in [2.05, 4.69) is 5.32 Å². The molecular formula is C11H16N2O2. The minimum Gasteiger partial charge on any atom is -0.323 e. The highest BCUT2D eigenvalue weighted by atomic mass is 16.2. The lowest BCUT2D eigenvalue weighted by atomic mass is 9.96. The molecule has 15 heavy (non-hydrogen) atoms. The molecule has 0 aromatic rings. The lowest BCUT2D eigenvalue weighted by molar-refractivity contribution is -0.131. The van der Waals surface area contributed by atoms with E-state index >= 15 is 0 Å². The Balaban J connectivity index is 1.78. The molecule has 1 atom stereocenters. The zero-order valence-corrected chi connectivity index (χ0v) is 8.95. The van der Waals surface area contributed by atoms with Crippen molar-refractivity contribution >= 4 is 11.9 Å². The van der Waals surface area contributed by atoms with Crippen molar-refractivity contribution in [2.45, 2.75) is 38.1 Å². The van der Waals surface area contributed by atoms with E-state index in [9.17, 15) is 9.59 Å². The van der Waals surface area contributed by atoms with Crippen molar-refractivity contribution in [1.29, 1.82) is 0 Å². The standard InChI is InChI=1S/C11H16N2O2/c1-11(8-4-5-8)9(14)13(10(15)12-11)6-7-2-3-7/h7-8H,2-6H2,1H3,(H,12,15). The topological polar surface area (TPSA) is 49.4 Å². The Kier molecular flexibility index (Phi) is 1.68. The van der Waals surface area contributed by atoms with Crippen LogP contribution in [0.5, 0.6) is 0 Å². The van der Waals surface area contributed by atoms with Gasteiger partial charge >= 0.3 is 6.03 Å². The van der Waals surface area contributed by atoms with Gasteiger partial charge in [-0.1, -0.05) is 0 Å². The van der Waals surface area contributed by atoms with Gasteiger partial charge in [-0.2, -0.15) is 0 Å². The first-order chi connectivity index (χ1) is 7.11. The van der Waals surface area contributed by atoms with E-state index in [1.54, 1.807) is 0 Å². The Morgan fingerprint density at radius 1 is 1.33 bits per heavy atom. The molecule has 0 radical (unpaired) electrons. The second-order valence-corrected chi connectivity index (χ2v) is 5.27. The van der Waals surface area contributed by atoms with Gasteiger partial charge in [0.25, 0.3) is 5.91 Å². The smallest absolute Gasteiger partial charge is 0.323 e. The molecule has 0 spiro atoms. The Morgan fingerprint density at radius 2 is 2.00 bits per heavy atom. The van der Waals surface area contributed by atoms with Gasteiger partial charge in [-0.15, -0.1) is 0 Å². The number of nitrogens with one attached hydrogen (secondary N) is 1.